The lowest BCUT2D eigenvalue weighted by atomic mass is 10.3. The molecule has 1 heterocycles. The van der Waals surface area contributed by atoms with Gasteiger partial charge >= 0.3 is 0 Å². The second-order valence-corrected chi connectivity index (χ2v) is 8.76. The van der Waals surface area contributed by atoms with E-state index < -0.39 is 21.5 Å². The lowest BCUT2D eigenvalue weighted by Gasteiger charge is -2.13. The number of hydrogen-bond donors (Lipinski definition) is 3. The number of thioether (sulfide) groups is 1. The van der Waals surface area contributed by atoms with Crippen molar-refractivity contribution in [3.8, 4) is 0 Å². The largest absolute Gasteiger partial charge is 0.383 e. The summed E-state index contributed by atoms with van der Waals surface area (Å²) in [6.45, 7) is 0. The van der Waals surface area contributed by atoms with Crippen molar-refractivity contribution in [3.05, 3.63) is 39.6 Å². The number of aromatic nitrogens is 2. The molecule has 0 atom stereocenters. The minimum absolute atomic E-state index is 0.00307. The van der Waals surface area contributed by atoms with E-state index in [0.717, 1.165) is 22.1 Å². The normalized spacial score (nSPS) is 11.5. The minimum Gasteiger partial charge on any atom is -0.383 e. The van der Waals surface area contributed by atoms with Gasteiger partial charge in [0, 0.05) is 20.2 Å². The van der Waals surface area contributed by atoms with Crippen molar-refractivity contribution in [1.29, 1.82) is 0 Å². The van der Waals surface area contributed by atoms with Crippen molar-refractivity contribution < 1.29 is 13.2 Å². The van der Waals surface area contributed by atoms with E-state index in [2.05, 4.69) is 15.3 Å². The lowest BCUT2D eigenvalue weighted by molar-refractivity contribution is -0.113. The number of sulfonamides is 1. The van der Waals surface area contributed by atoms with Crippen LogP contribution >= 0.6 is 23.4 Å². The number of rotatable bonds is 6. The van der Waals surface area contributed by atoms with Gasteiger partial charge < -0.3 is 16.0 Å². The molecule has 1 amide bonds. The molecule has 0 aliphatic heterocycles. The van der Waals surface area contributed by atoms with E-state index in [9.17, 15) is 18.0 Å². The molecule has 0 spiro atoms. The fourth-order valence-electron chi connectivity index (χ4n) is 1.81. The minimum atomic E-state index is -3.66. The van der Waals surface area contributed by atoms with Gasteiger partial charge in [0.05, 0.1) is 21.4 Å². The van der Waals surface area contributed by atoms with Crippen molar-refractivity contribution in [2.45, 2.75) is 10.1 Å². The van der Waals surface area contributed by atoms with Gasteiger partial charge in [-0.15, -0.1) is 0 Å². The first-order valence-electron chi connectivity index (χ1n) is 7.11. The summed E-state index contributed by atoms with van der Waals surface area (Å²) in [5.41, 5.74) is 5.20. The molecule has 1 aromatic carbocycles. The molecule has 1 aromatic heterocycles. The van der Waals surface area contributed by atoms with Gasteiger partial charge in [0.1, 0.15) is 5.82 Å². The number of nitrogens with two attached hydrogens (primary N) is 1. The number of nitrogen functional groups attached to an aromatic ring is 1. The molecular weight excluding hydrogens is 402 g/mol. The maximum atomic E-state index is 12.2. The molecule has 4 N–H and O–H groups in total. The molecule has 0 bridgehead atoms. The molecule has 26 heavy (non-hydrogen) atoms. The predicted molar refractivity (Wildman–Crippen MR) is 101 cm³/mol. The van der Waals surface area contributed by atoms with E-state index in [1.807, 2.05) is 0 Å². The molecule has 0 aliphatic carbocycles. The SMILES string of the molecule is CN(C)S(=O)(=O)c1ccc(Cl)c(NC(=O)CSc2nc(N)cc(=O)[nH]2)c1. The van der Waals surface area contributed by atoms with Crippen LogP contribution in [0.25, 0.3) is 0 Å². The summed E-state index contributed by atoms with van der Waals surface area (Å²) in [6.07, 6.45) is 0. The van der Waals surface area contributed by atoms with Crippen LogP contribution < -0.4 is 16.6 Å². The Kier molecular flexibility index (Phi) is 6.29. The highest BCUT2D eigenvalue weighted by Gasteiger charge is 2.19. The predicted octanol–water partition coefficient (Wildman–Crippen LogP) is 0.987. The summed E-state index contributed by atoms with van der Waals surface area (Å²) in [4.78, 5) is 29.7. The first kappa shape index (κ1) is 20.2. The maximum Gasteiger partial charge on any atom is 0.253 e. The van der Waals surface area contributed by atoms with E-state index >= 15 is 0 Å². The Balaban J connectivity index is 2.12. The Bertz CT molecular complexity index is 991. The zero-order valence-electron chi connectivity index (χ0n) is 13.8. The van der Waals surface area contributed by atoms with E-state index in [-0.39, 0.29) is 32.3 Å². The molecule has 0 unspecified atom stereocenters. The van der Waals surface area contributed by atoms with Gasteiger partial charge in [-0.25, -0.2) is 17.7 Å². The lowest BCUT2D eigenvalue weighted by Crippen LogP contribution is -2.22. The molecular formula is C14H16ClN5O4S2. The van der Waals surface area contributed by atoms with E-state index in [4.69, 9.17) is 17.3 Å². The zero-order valence-corrected chi connectivity index (χ0v) is 16.2. The van der Waals surface area contributed by atoms with Crippen LogP contribution in [0.3, 0.4) is 0 Å². The first-order valence-corrected chi connectivity index (χ1v) is 9.91. The number of amides is 1. The van der Waals surface area contributed by atoms with E-state index in [1.165, 1.54) is 32.3 Å². The number of H-pyrrole nitrogens is 1. The average molecular weight is 418 g/mol. The average Bonchev–Trinajstić information content (AvgIpc) is 2.54. The zero-order chi connectivity index (χ0) is 19.5. The highest BCUT2D eigenvalue weighted by atomic mass is 35.5. The number of nitrogens with zero attached hydrogens (tertiary/aromatic N) is 2. The van der Waals surface area contributed by atoms with Crippen LogP contribution in [0.2, 0.25) is 5.02 Å². The summed E-state index contributed by atoms with van der Waals surface area (Å²) in [6, 6.07) is 5.14. The summed E-state index contributed by atoms with van der Waals surface area (Å²) in [5, 5.41) is 2.92. The van der Waals surface area contributed by atoms with Crippen LogP contribution in [0, 0.1) is 0 Å². The van der Waals surface area contributed by atoms with E-state index in [0.29, 0.717) is 0 Å². The maximum absolute atomic E-state index is 12.2. The quantitative estimate of drug-likeness (QED) is 0.470. The molecule has 9 nitrogen and oxygen atoms in total. The van der Waals surface area contributed by atoms with Crippen LogP contribution in [-0.2, 0) is 14.8 Å². The summed E-state index contributed by atoms with van der Waals surface area (Å²) < 4.78 is 25.4. The summed E-state index contributed by atoms with van der Waals surface area (Å²) in [7, 11) is -0.860. The molecule has 0 saturated carbocycles. The Morgan fingerprint density at radius 3 is 2.69 bits per heavy atom. The van der Waals surface area contributed by atoms with E-state index in [1.54, 1.807) is 0 Å². The Labute approximate surface area is 159 Å². The van der Waals surface area contributed by atoms with Crippen LogP contribution in [-0.4, -0.2) is 48.4 Å². The molecule has 0 saturated heterocycles. The molecule has 0 aliphatic rings. The monoisotopic (exact) mass is 417 g/mol. The van der Waals surface area contributed by atoms with Gasteiger partial charge in [-0.2, -0.15) is 0 Å². The van der Waals surface area contributed by atoms with Crippen molar-refractivity contribution in [2.24, 2.45) is 0 Å². The molecule has 0 fully saturated rings. The molecule has 2 rings (SSSR count). The number of carbonyl (C=O) groups excluding carboxylic acids is 1. The molecule has 2 aromatic rings. The van der Waals surface area contributed by atoms with Crippen molar-refractivity contribution >= 4 is 50.8 Å². The third kappa shape index (κ3) is 4.97. The second kappa shape index (κ2) is 8.08. The fraction of sp³-hybridized carbons (Fsp3) is 0.214. The van der Waals surface area contributed by atoms with Gasteiger partial charge in [0.2, 0.25) is 15.9 Å². The molecule has 0 radical (unpaired) electrons. The second-order valence-electron chi connectivity index (χ2n) is 5.24. The van der Waals surface area contributed by atoms with Gasteiger partial charge in [-0.1, -0.05) is 23.4 Å². The van der Waals surface area contributed by atoms with Crippen LogP contribution in [0.4, 0.5) is 11.5 Å². The first-order chi connectivity index (χ1) is 12.1. The van der Waals surface area contributed by atoms with Gasteiger partial charge in [-0.3, -0.25) is 9.59 Å². The van der Waals surface area contributed by atoms with Gasteiger partial charge in [0.15, 0.2) is 5.16 Å². The Morgan fingerprint density at radius 2 is 2.08 bits per heavy atom. The van der Waals surface area contributed by atoms with Gasteiger partial charge in [-0.05, 0) is 18.2 Å². The number of anilines is 2. The van der Waals surface area contributed by atoms with Crippen LogP contribution in [0.15, 0.2) is 39.1 Å². The summed E-state index contributed by atoms with van der Waals surface area (Å²) >= 11 is 6.99. The Hall–Kier alpha value is -2.08. The number of hydrogen-bond acceptors (Lipinski definition) is 7. The van der Waals surface area contributed by atoms with Gasteiger partial charge in [0.25, 0.3) is 5.56 Å². The summed E-state index contributed by atoms with van der Waals surface area (Å²) in [5.74, 6) is -0.504. The number of carbonyl (C=O) groups is 1. The number of nitrogens with one attached hydrogen (secondary N) is 2. The smallest absolute Gasteiger partial charge is 0.253 e. The molecule has 140 valence electrons. The number of halogens is 1. The topological polar surface area (TPSA) is 138 Å². The van der Waals surface area contributed by atoms with Crippen LogP contribution in [0.1, 0.15) is 0 Å². The highest BCUT2D eigenvalue weighted by Crippen LogP contribution is 2.26. The number of benzene rings is 1. The Morgan fingerprint density at radius 1 is 1.38 bits per heavy atom. The fourth-order valence-corrected chi connectivity index (χ4v) is 3.59. The van der Waals surface area contributed by atoms with Crippen molar-refractivity contribution in [1.82, 2.24) is 14.3 Å². The van der Waals surface area contributed by atoms with Crippen molar-refractivity contribution in [3.63, 3.8) is 0 Å². The third-order valence-corrected chi connectivity index (χ3v) is 6.08. The van der Waals surface area contributed by atoms with Crippen molar-refractivity contribution in [2.75, 3.05) is 30.9 Å². The highest BCUT2D eigenvalue weighted by molar-refractivity contribution is 7.99. The number of aromatic amines is 1. The third-order valence-electron chi connectivity index (χ3n) is 3.07. The standard InChI is InChI=1S/C14H16ClN5O4S2/c1-20(2)26(23,24)8-3-4-9(15)10(5-8)17-13(22)7-25-14-18-11(16)6-12(21)19-14/h3-6H,7H2,1-2H3,(H,17,22)(H3,16,18,19,21). The van der Waals surface area contributed by atoms with Crippen LogP contribution in [0.5, 0.6) is 0 Å². The molecule has 12 heteroatoms.